The predicted molar refractivity (Wildman–Crippen MR) is 127 cm³/mol. The Morgan fingerprint density at radius 2 is 1.81 bits per heavy atom. The number of nitrogens with one attached hydrogen (secondary N) is 1. The summed E-state index contributed by atoms with van der Waals surface area (Å²) in [5, 5.41) is 3.82. The number of carbonyl (C=O) groups excluding carboxylic acids is 2. The number of amides is 2. The van der Waals surface area contributed by atoms with Crippen LogP contribution in [0.15, 0.2) is 42.5 Å². The first-order valence-corrected chi connectivity index (χ1v) is 11.8. The number of hydrogen-bond acceptors (Lipinski definition) is 3. The number of benzene rings is 2. The summed E-state index contributed by atoms with van der Waals surface area (Å²) in [5.74, 6) is -0.331. The lowest BCUT2D eigenvalue weighted by Crippen LogP contribution is -2.52. The van der Waals surface area contributed by atoms with Crippen LogP contribution in [0.25, 0.3) is 0 Å². The molecular formula is C23H27Cl2FN2O2S. The Morgan fingerprint density at radius 1 is 1.13 bits per heavy atom. The maximum absolute atomic E-state index is 13.8. The molecule has 0 aliphatic carbocycles. The first-order chi connectivity index (χ1) is 14.5. The summed E-state index contributed by atoms with van der Waals surface area (Å²) in [4.78, 5) is 27.3. The van der Waals surface area contributed by atoms with Crippen molar-refractivity contribution in [2.75, 3.05) is 5.75 Å². The van der Waals surface area contributed by atoms with Crippen LogP contribution in [0.1, 0.15) is 38.8 Å². The fraction of sp³-hybridized carbons (Fsp3) is 0.391. The van der Waals surface area contributed by atoms with Gasteiger partial charge >= 0.3 is 0 Å². The van der Waals surface area contributed by atoms with Crippen molar-refractivity contribution < 1.29 is 14.0 Å². The molecule has 2 aromatic carbocycles. The van der Waals surface area contributed by atoms with Crippen molar-refractivity contribution in [3.8, 4) is 0 Å². The molecule has 0 saturated carbocycles. The Bertz CT molecular complexity index is 934. The van der Waals surface area contributed by atoms with Crippen LogP contribution in [-0.4, -0.2) is 34.0 Å². The summed E-state index contributed by atoms with van der Waals surface area (Å²) in [6, 6.07) is 10.8. The molecule has 4 nitrogen and oxygen atoms in total. The third kappa shape index (κ3) is 8.02. The minimum Gasteiger partial charge on any atom is -0.350 e. The zero-order chi connectivity index (χ0) is 23.2. The second-order valence-corrected chi connectivity index (χ2v) is 10.1. The molecule has 0 radical (unpaired) electrons. The van der Waals surface area contributed by atoms with Crippen LogP contribution in [0.5, 0.6) is 0 Å². The molecule has 1 unspecified atom stereocenters. The number of hydrogen-bond donors (Lipinski definition) is 1. The van der Waals surface area contributed by atoms with Crippen LogP contribution in [0.2, 0.25) is 10.0 Å². The zero-order valence-corrected chi connectivity index (χ0v) is 20.4. The van der Waals surface area contributed by atoms with Crippen molar-refractivity contribution in [3.63, 3.8) is 0 Å². The molecule has 0 heterocycles. The van der Waals surface area contributed by atoms with Gasteiger partial charge in [0.05, 0.1) is 5.75 Å². The molecule has 168 valence electrons. The average molecular weight is 485 g/mol. The molecule has 0 aliphatic rings. The standard InChI is InChI=1S/C23H27Cl2FN2O2S/c1-15(22(30)27-23(2,3)4)28(12-16-9-10-18(24)11-19(16)25)21(29)14-31-13-17-7-5-6-8-20(17)26/h5-11,15H,12-14H2,1-4H3,(H,27,30). The quantitative estimate of drug-likeness (QED) is 0.522. The Morgan fingerprint density at radius 3 is 2.42 bits per heavy atom. The predicted octanol–water partition coefficient (Wildman–Crippen LogP) is 5.70. The lowest BCUT2D eigenvalue weighted by Gasteiger charge is -2.31. The lowest BCUT2D eigenvalue weighted by atomic mass is 10.1. The maximum Gasteiger partial charge on any atom is 0.242 e. The second kappa shape index (κ2) is 11.2. The van der Waals surface area contributed by atoms with Crippen molar-refractivity contribution in [2.45, 2.75) is 51.6 Å². The van der Waals surface area contributed by atoms with E-state index in [1.807, 2.05) is 20.8 Å². The van der Waals surface area contributed by atoms with Gasteiger partial charge in [0.1, 0.15) is 11.9 Å². The van der Waals surface area contributed by atoms with Gasteiger partial charge in [-0.05, 0) is 57.0 Å². The molecule has 0 saturated heterocycles. The smallest absolute Gasteiger partial charge is 0.242 e. The monoisotopic (exact) mass is 484 g/mol. The number of carbonyl (C=O) groups is 2. The Labute approximate surface area is 197 Å². The van der Waals surface area contributed by atoms with E-state index in [0.29, 0.717) is 26.9 Å². The minimum absolute atomic E-state index is 0.104. The van der Waals surface area contributed by atoms with Gasteiger partial charge in [-0.25, -0.2) is 4.39 Å². The Balaban J connectivity index is 2.16. The summed E-state index contributed by atoms with van der Waals surface area (Å²) in [7, 11) is 0. The van der Waals surface area contributed by atoms with Crippen LogP contribution < -0.4 is 5.32 Å². The fourth-order valence-electron chi connectivity index (χ4n) is 2.84. The molecule has 0 spiro atoms. The highest BCUT2D eigenvalue weighted by molar-refractivity contribution is 7.99. The van der Waals surface area contributed by atoms with E-state index in [2.05, 4.69) is 5.32 Å². The molecule has 1 N–H and O–H groups in total. The van der Waals surface area contributed by atoms with Crippen molar-refractivity contribution in [2.24, 2.45) is 0 Å². The van der Waals surface area contributed by atoms with E-state index in [-0.39, 0.29) is 29.9 Å². The van der Waals surface area contributed by atoms with Crippen LogP contribution >= 0.6 is 35.0 Å². The van der Waals surface area contributed by atoms with E-state index in [4.69, 9.17) is 23.2 Å². The summed E-state index contributed by atoms with van der Waals surface area (Å²) in [5.41, 5.74) is 0.789. The second-order valence-electron chi connectivity index (χ2n) is 8.26. The molecule has 1 atom stereocenters. The van der Waals surface area contributed by atoms with Crippen LogP contribution in [0.4, 0.5) is 4.39 Å². The fourth-order valence-corrected chi connectivity index (χ4v) is 4.20. The van der Waals surface area contributed by atoms with Gasteiger partial charge in [-0.1, -0.05) is 47.5 Å². The highest BCUT2D eigenvalue weighted by Crippen LogP contribution is 2.24. The average Bonchev–Trinajstić information content (AvgIpc) is 2.67. The first kappa shape index (κ1) is 25.5. The normalized spacial score (nSPS) is 12.4. The molecular weight excluding hydrogens is 458 g/mol. The maximum atomic E-state index is 13.8. The van der Waals surface area contributed by atoms with Crippen LogP contribution in [0.3, 0.4) is 0 Å². The number of halogens is 3. The topological polar surface area (TPSA) is 49.4 Å². The molecule has 2 aromatic rings. The van der Waals surface area contributed by atoms with Gasteiger partial charge in [-0.2, -0.15) is 0 Å². The van der Waals surface area contributed by atoms with E-state index < -0.39 is 11.6 Å². The van der Waals surface area contributed by atoms with Crippen molar-refractivity contribution >= 4 is 46.8 Å². The van der Waals surface area contributed by atoms with Crippen molar-refractivity contribution in [1.29, 1.82) is 0 Å². The molecule has 2 rings (SSSR count). The van der Waals surface area contributed by atoms with E-state index in [1.165, 1.54) is 22.7 Å². The van der Waals surface area contributed by atoms with Crippen LogP contribution in [0, 0.1) is 5.82 Å². The lowest BCUT2D eigenvalue weighted by molar-refractivity contribution is -0.139. The molecule has 31 heavy (non-hydrogen) atoms. The summed E-state index contributed by atoms with van der Waals surface area (Å²) in [6.07, 6.45) is 0. The van der Waals surface area contributed by atoms with Crippen LogP contribution in [-0.2, 0) is 21.9 Å². The van der Waals surface area contributed by atoms with E-state index in [9.17, 15) is 14.0 Å². The summed E-state index contributed by atoms with van der Waals surface area (Å²) >= 11 is 13.6. The molecule has 0 bridgehead atoms. The van der Waals surface area contributed by atoms with E-state index in [1.54, 1.807) is 43.3 Å². The van der Waals surface area contributed by atoms with E-state index in [0.717, 1.165) is 0 Å². The molecule has 2 amide bonds. The third-order valence-electron chi connectivity index (χ3n) is 4.46. The highest BCUT2D eigenvalue weighted by atomic mass is 35.5. The van der Waals surface area contributed by atoms with E-state index >= 15 is 0 Å². The Hall–Kier alpha value is -1.76. The zero-order valence-electron chi connectivity index (χ0n) is 18.0. The van der Waals surface area contributed by atoms with Gasteiger partial charge < -0.3 is 10.2 Å². The van der Waals surface area contributed by atoms with Crippen molar-refractivity contribution in [1.82, 2.24) is 10.2 Å². The largest absolute Gasteiger partial charge is 0.350 e. The molecule has 0 aromatic heterocycles. The van der Waals surface area contributed by atoms with Gasteiger partial charge in [0, 0.05) is 27.9 Å². The number of nitrogens with zero attached hydrogens (tertiary/aromatic N) is 1. The summed E-state index contributed by atoms with van der Waals surface area (Å²) < 4.78 is 13.8. The van der Waals surface area contributed by atoms with Gasteiger partial charge in [-0.15, -0.1) is 11.8 Å². The summed E-state index contributed by atoms with van der Waals surface area (Å²) in [6.45, 7) is 7.48. The molecule has 0 aliphatic heterocycles. The van der Waals surface area contributed by atoms with Gasteiger partial charge in [0.15, 0.2) is 0 Å². The SMILES string of the molecule is CC(C(=O)NC(C)(C)C)N(Cc1ccc(Cl)cc1Cl)C(=O)CSCc1ccccc1F. The van der Waals surface area contributed by atoms with Gasteiger partial charge in [0.2, 0.25) is 11.8 Å². The minimum atomic E-state index is -0.715. The number of thioether (sulfide) groups is 1. The number of rotatable bonds is 8. The van der Waals surface area contributed by atoms with Gasteiger partial charge in [0.25, 0.3) is 0 Å². The highest BCUT2D eigenvalue weighted by Gasteiger charge is 2.28. The van der Waals surface area contributed by atoms with Crippen molar-refractivity contribution in [3.05, 3.63) is 69.5 Å². The third-order valence-corrected chi connectivity index (χ3v) is 6.02. The molecule has 0 fully saturated rings. The Kier molecular flexibility index (Phi) is 9.22. The van der Waals surface area contributed by atoms with Gasteiger partial charge in [-0.3, -0.25) is 9.59 Å². The molecule has 8 heteroatoms. The first-order valence-electron chi connectivity index (χ1n) is 9.84.